The largest absolute Gasteiger partial charge is 0.338 e. The molecule has 1 amide bonds. The molecule has 5 nitrogen and oxygen atoms in total. The number of hydrogen-bond acceptors (Lipinski definition) is 3. The first-order valence-electron chi connectivity index (χ1n) is 9.77. The van der Waals surface area contributed by atoms with E-state index in [1.807, 2.05) is 11.8 Å². The fourth-order valence-corrected chi connectivity index (χ4v) is 3.86. The number of likely N-dealkylation sites (tertiary alicyclic amines) is 1. The lowest BCUT2D eigenvalue weighted by atomic mass is 10.0. The summed E-state index contributed by atoms with van der Waals surface area (Å²) in [6.45, 7) is 6.18. The number of hydrogen-bond donors (Lipinski definition) is 0. The van der Waals surface area contributed by atoms with E-state index < -0.39 is 0 Å². The summed E-state index contributed by atoms with van der Waals surface area (Å²) in [6.07, 6.45) is 5.61. The molecule has 0 bridgehead atoms. The Bertz CT molecular complexity index is 854. The predicted octanol–water partition coefficient (Wildman–Crippen LogP) is 3.77. The summed E-state index contributed by atoms with van der Waals surface area (Å²) in [6, 6.07) is 8.75. The van der Waals surface area contributed by atoms with Crippen molar-refractivity contribution in [2.24, 2.45) is 0 Å². The Kier molecular flexibility index (Phi) is 6.57. The summed E-state index contributed by atoms with van der Waals surface area (Å²) in [5.41, 5.74) is 4.00. The summed E-state index contributed by atoms with van der Waals surface area (Å²) in [4.78, 5) is 16.8. The van der Waals surface area contributed by atoms with E-state index in [9.17, 15) is 4.79 Å². The highest BCUT2D eigenvalue weighted by molar-refractivity contribution is 6.31. The van der Waals surface area contributed by atoms with E-state index in [-0.39, 0.29) is 5.91 Å². The molecule has 0 N–H and O–H groups in total. The van der Waals surface area contributed by atoms with Gasteiger partial charge in [-0.3, -0.25) is 4.79 Å². The summed E-state index contributed by atoms with van der Waals surface area (Å²) in [5, 5.41) is 5.12. The quantitative estimate of drug-likeness (QED) is 0.717. The van der Waals surface area contributed by atoms with Gasteiger partial charge in [0, 0.05) is 30.8 Å². The lowest BCUT2D eigenvalue weighted by molar-refractivity contribution is -0.127. The van der Waals surface area contributed by atoms with Crippen LogP contribution in [0.15, 0.2) is 30.3 Å². The number of carbonyl (C=O) groups excluding carboxylic acids is 1. The lowest BCUT2D eigenvalue weighted by Gasteiger charge is -2.35. The van der Waals surface area contributed by atoms with E-state index in [0.29, 0.717) is 17.7 Å². The first kappa shape index (κ1) is 20.6. The van der Waals surface area contributed by atoms with E-state index in [0.717, 1.165) is 42.8 Å². The molecule has 1 aromatic carbocycles. The number of nitrogens with zero attached hydrogens (tertiary/aromatic N) is 4. The number of carbonyl (C=O) groups is 1. The van der Waals surface area contributed by atoms with Gasteiger partial charge in [0.2, 0.25) is 5.91 Å². The summed E-state index contributed by atoms with van der Waals surface area (Å²) >= 11 is 6.56. The van der Waals surface area contributed by atoms with Crippen molar-refractivity contribution in [1.82, 2.24) is 19.6 Å². The molecule has 150 valence electrons. The minimum atomic E-state index is 0.0355. The van der Waals surface area contributed by atoms with Crippen LogP contribution in [0.5, 0.6) is 0 Å². The Morgan fingerprint density at radius 2 is 2.00 bits per heavy atom. The van der Waals surface area contributed by atoms with Crippen molar-refractivity contribution >= 4 is 23.6 Å². The SMILES string of the molecule is Cc1ccc(Cn2nc(C)c(/C=C/C(=O)N3CCCC(N(C)C)C3)c2Cl)cc1. The minimum Gasteiger partial charge on any atom is -0.338 e. The number of rotatable bonds is 5. The standard InChI is InChI=1S/C22H29ClN4O/c1-16-7-9-18(10-8-16)14-27-22(23)20(17(2)24-27)11-12-21(28)26-13-5-6-19(15-26)25(3)4/h7-12,19H,5-6,13-15H2,1-4H3/b12-11+. The Hall–Kier alpha value is -2.11. The van der Waals surface area contributed by atoms with Crippen LogP contribution in [-0.4, -0.2) is 58.7 Å². The van der Waals surface area contributed by atoms with Crippen LogP contribution >= 0.6 is 11.6 Å². The Balaban J connectivity index is 1.70. The fraction of sp³-hybridized carbons (Fsp3) is 0.455. The molecule has 1 aliphatic rings. The molecule has 0 saturated carbocycles. The van der Waals surface area contributed by atoms with E-state index in [1.165, 1.54) is 5.56 Å². The van der Waals surface area contributed by atoms with Gasteiger partial charge in [0.25, 0.3) is 0 Å². The molecule has 0 spiro atoms. The summed E-state index contributed by atoms with van der Waals surface area (Å²) in [7, 11) is 4.14. The Morgan fingerprint density at radius 3 is 2.68 bits per heavy atom. The molecule has 28 heavy (non-hydrogen) atoms. The Morgan fingerprint density at radius 1 is 1.29 bits per heavy atom. The molecule has 1 fully saturated rings. The maximum absolute atomic E-state index is 12.6. The summed E-state index contributed by atoms with van der Waals surface area (Å²) < 4.78 is 1.79. The maximum Gasteiger partial charge on any atom is 0.246 e. The van der Waals surface area contributed by atoms with Gasteiger partial charge in [-0.05, 0) is 52.4 Å². The second-order valence-corrected chi connectivity index (χ2v) is 8.17. The van der Waals surface area contributed by atoms with Crippen molar-refractivity contribution in [2.45, 2.75) is 39.3 Å². The van der Waals surface area contributed by atoms with Crippen molar-refractivity contribution in [1.29, 1.82) is 0 Å². The molecular formula is C22H29ClN4O. The van der Waals surface area contributed by atoms with Gasteiger partial charge in [0.1, 0.15) is 5.15 Å². The second-order valence-electron chi connectivity index (χ2n) is 7.81. The van der Waals surface area contributed by atoms with Gasteiger partial charge >= 0.3 is 0 Å². The number of amides is 1. The number of aryl methyl sites for hydroxylation is 2. The molecule has 0 aliphatic carbocycles. The van der Waals surface area contributed by atoms with Gasteiger partial charge in [0.05, 0.1) is 12.2 Å². The zero-order valence-corrected chi connectivity index (χ0v) is 17.9. The summed E-state index contributed by atoms with van der Waals surface area (Å²) in [5.74, 6) is 0.0355. The first-order valence-corrected chi connectivity index (χ1v) is 10.1. The molecule has 6 heteroatoms. The number of halogens is 1. The van der Waals surface area contributed by atoms with Gasteiger partial charge < -0.3 is 9.80 Å². The van der Waals surface area contributed by atoms with Crippen LogP contribution in [0.2, 0.25) is 5.15 Å². The first-order chi connectivity index (χ1) is 13.3. The van der Waals surface area contributed by atoms with Crippen molar-refractivity contribution in [3.63, 3.8) is 0 Å². The zero-order valence-electron chi connectivity index (χ0n) is 17.2. The average molecular weight is 401 g/mol. The van der Waals surface area contributed by atoms with Crippen LogP contribution < -0.4 is 0 Å². The highest BCUT2D eigenvalue weighted by Crippen LogP contribution is 2.23. The minimum absolute atomic E-state index is 0.0355. The second kappa shape index (κ2) is 8.93. The third-order valence-corrected chi connectivity index (χ3v) is 5.79. The Labute approximate surface area is 172 Å². The number of aromatic nitrogens is 2. The molecule has 1 saturated heterocycles. The van der Waals surface area contributed by atoms with Crippen molar-refractivity contribution in [3.05, 3.63) is 57.9 Å². The zero-order chi connectivity index (χ0) is 20.3. The average Bonchev–Trinajstić information content (AvgIpc) is 2.94. The molecule has 1 aromatic heterocycles. The van der Waals surface area contributed by atoms with Crippen LogP contribution in [0, 0.1) is 13.8 Å². The van der Waals surface area contributed by atoms with Crippen LogP contribution in [0.3, 0.4) is 0 Å². The van der Waals surface area contributed by atoms with E-state index in [1.54, 1.807) is 16.8 Å². The van der Waals surface area contributed by atoms with Gasteiger partial charge in [0.15, 0.2) is 0 Å². The van der Waals surface area contributed by atoms with Crippen molar-refractivity contribution in [3.8, 4) is 0 Å². The van der Waals surface area contributed by atoms with Crippen molar-refractivity contribution < 1.29 is 4.79 Å². The third kappa shape index (κ3) is 4.83. The van der Waals surface area contributed by atoms with Crippen LogP contribution in [0.4, 0.5) is 0 Å². The van der Waals surface area contributed by atoms with Gasteiger partial charge in [-0.25, -0.2) is 4.68 Å². The topological polar surface area (TPSA) is 41.4 Å². The molecular weight excluding hydrogens is 372 g/mol. The lowest BCUT2D eigenvalue weighted by Crippen LogP contribution is -2.47. The molecule has 2 aromatic rings. The third-order valence-electron chi connectivity index (χ3n) is 5.39. The van der Waals surface area contributed by atoms with Gasteiger partial charge in [-0.1, -0.05) is 41.4 Å². The molecule has 2 heterocycles. The monoisotopic (exact) mass is 400 g/mol. The fourth-order valence-electron chi connectivity index (χ4n) is 3.56. The molecule has 1 aliphatic heterocycles. The van der Waals surface area contributed by atoms with Gasteiger partial charge in [-0.15, -0.1) is 0 Å². The maximum atomic E-state index is 12.6. The van der Waals surface area contributed by atoms with E-state index >= 15 is 0 Å². The number of piperidine rings is 1. The number of benzene rings is 1. The van der Waals surface area contributed by atoms with E-state index in [4.69, 9.17) is 11.6 Å². The van der Waals surface area contributed by atoms with Crippen LogP contribution in [0.25, 0.3) is 6.08 Å². The molecule has 0 radical (unpaired) electrons. The van der Waals surface area contributed by atoms with Crippen LogP contribution in [-0.2, 0) is 11.3 Å². The van der Waals surface area contributed by atoms with Gasteiger partial charge in [-0.2, -0.15) is 5.10 Å². The number of likely N-dealkylation sites (N-methyl/N-ethyl adjacent to an activating group) is 1. The normalized spacial score (nSPS) is 17.6. The highest BCUT2D eigenvalue weighted by atomic mass is 35.5. The predicted molar refractivity (Wildman–Crippen MR) is 115 cm³/mol. The van der Waals surface area contributed by atoms with E-state index in [2.05, 4.69) is 55.3 Å². The smallest absolute Gasteiger partial charge is 0.246 e. The molecule has 1 atom stereocenters. The van der Waals surface area contributed by atoms with Crippen molar-refractivity contribution in [2.75, 3.05) is 27.2 Å². The highest BCUT2D eigenvalue weighted by Gasteiger charge is 2.23. The molecule has 1 unspecified atom stereocenters. The van der Waals surface area contributed by atoms with Crippen LogP contribution in [0.1, 0.15) is 35.2 Å². The molecule has 3 rings (SSSR count).